The van der Waals surface area contributed by atoms with Crippen LogP contribution in [-0.2, 0) is 9.47 Å². The highest BCUT2D eigenvalue weighted by Gasteiger charge is 2.31. The summed E-state index contributed by atoms with van der Waals surface area (Å²) >= 11 is 1.24. The molecule has 1 heterocycles. The topological polar surface area (TPSA) is 84.9 Å². The molecule has 3 N–H and O–H groups in total. The highest BCUT2D eigenvalue weighted by molar-refractivity contribution is 7.22. The first-order chi connectivity index (χ1) is 13.3. The van der Waals surface area contributed by atoms with Crippen LogP contribution in [0.2, 0.25) is 0 Å². The first-order valence-corrected chi connectivity index (χ1v) is 9.59. The summed E-state index contributed by atoms with van der Waals surface area (Å²) in [7, 11) is 0. The van der Waals surface area contributed by atoms with Crippen LogP contribution in [0, 0.1) is 0 Å². The summed E-state index contributed by atoms with van der Waals surface area (Å²) in [6.45, 7) is 5.34. The Labute approximate surface area is 164 Å². The molecule has 0 amide bonds. The fourth-order valence-electron chi connectivity index (χ4n) is 2.19. The number of hydrogen-bond donors (Lipinski definition) is 3. The van der Waals surface area contributed by atoms with Gasteiger partial charge in [-0.2, -0.15) is 0 Å². The van der Waals surface area contributed by atoms with E-state index in [-0.39, 0.29) is 11.9 Å². The maximum Gasteiger partial charge on any atom is 0.573 e. The minimum absolute atomic E-state index is 0.264. The van der Waals surface area contributed by atoms with Crippen LogP contribution in [-0.4, -0.2) is 68.6 Å². The third kappa shape index (κ3) is 9.02. The number of aliphatic hydroxyl groups is 1. The molecule has 0 aliphatic heterocycles. The van der Waals surface area contributed by atoms with Gasteiger partial charge in [0.25, 0.3) is 0 Å². The van der Waals surface area contributed by atoms with Crippen molar-refractivity contribution in [2.75, 3.05) is 51.4 Å². The van der Waals surface area contributed by atoms with Gasteiger partial charge in [-0.3, -0.25) is 0 Å². The predicted molar refractivity (Wildman–Crippen MR) is 101 cm³/mol. The van der Waals surface area contributed by atoms with Gasteiger partial charge >= 0.3 is 6.36 Å². The van der Waals surface area contributed by atoms with Gasteiger partial charge in [0.15, 0.2) is 5.13 Å². The van der Waals surface area contributed by atoms with E-state index in [0.29, 0.717) is 61.4 Å². The molecule has 1 atom stereocenters. The molecular formula is C17H24F3N3O4S. The Morgan fingerprint density at radius 3 is 2.54 bits per heavy atom. The molecule has 0 aliphatic carbocycles. The standard InChI is InChI=1S/C17H24F3N3O4S/c1-12(24)11-21-4-6-25-8-9-26-7-5-22-16-23-14-3-2-13(10-15(14)28-16)27-17(18,19)20/h2-3,10,12,21,24H,4-9,11H2,1H3,(H,22,23). The van der Waals surface area contributed by atoms with Gasteiger partial charge in [0.1, 0.15) is 5.75 Å². The second-order valence-electron chi connectivity index (χ2n) is 5.90. The van der Waals surface area contributed by atoms with Crippen molar-refractivity contribution in [1.82, 2.24) is 10.3 Å². The first-order valence-electron chi connectivity index (χ1n) is 8.78. The van der Waals surface area contributed by atoms with E-state index in [1.54, 1.807) is 6.92 Å². The quantitative estimate of drug-likeness (QED) is 0.427. The molecule has 0 saturated carbocycles. The SMILES string of the molecule is CC(O)CNCCOCCOCCNc1nc2ccc(OC(F)(F)F)cc2s1. The summed E-state index contributed by atoms with van der Waals surface area (Å²) in [5.41, 5.74) is 0.598. The number of aliphatic hydroxyl groups excluding tert-OH is 1. The lowest BCUT2D eigenvalue weighted by atomic mass is 10.3. The van der Waals surface area contributed by atoms with Crippen molar-refractivity contribution in [3.8, 4) is 5.75 Å². The number of nitrogens with one attached hydrogen (secondary N) is 2. The van der Waals surface area contributed by atoms with E-state index >= 15 is 0 Å². The van der Waals surface area contributed by atoms with Gasteiger partial charge in [0.05, 0.1) is 42.7 Å². The smallest absolute Gasteiger partial charge is 0.406 e. The minimum Gasteiger partial charge on any atom is -0.406 e. The number of ether oxygens (including phenoxy) is 3. The number of thiazole rings is 1. The third-order valence-corrected chi connectivity index (χ3v) is 4.33. The number of aromatic nitrogens is 1. The number of halogens is 3. The van der Waals surface area contributed by atoms with Crippen molar-refractivity contribution in [3.05, 3.63) is 18.2 Å². The lowest BCUT2D eigenvalue weighted by Gasteiger charge is -2.08. The Kier molecular flexibility index (Phi) is 9.19. The zero-order chi connectivity index (χ0) is 20.4. The van der Waals surface area contributed by atoms with E-state index in [0.717, 1.165) is 0 Å². The number of alkyl halides is 3. The van der Waals surface area contributed by atoms with E-state index < -0.39 is 6.36 Å². The molecule has 0 saturated heterocycles. The molecule has 2 rings (SSSR count). The van der Waals surface area contributed by atoms with E-state index in [2.05, 4.69) is 20.4 Å². The summed E-state index contributed by atoms with van der Waals surface area (Å²) in [6.07, 6.45) is -5.09. The number of rotatable bonds is 13. The number of nitrogens with zero attached hydrogens (tertiary/aromatic N) is 1. The molecule has 28 heavy (non-hydrogen) atoms. The number of fused-ring (bicyclic) bond motifs is 1. The molecule has 11 heteroatoms. The summed E-state index contributed by atoms with van der Waals surface area (Å²) in [5, 5.41) is 15.8. The maximum absolute atomic E-state index is 12.3. The van der Waals surface area contributed by atoms with Crippen LogP contribution in [0.25, 0.3) is 10.2 Å². The summed E-state index contributed by atoms with van der Waals surface area (Å²) in [5.74, 6) is -0.264. The molecule has 0 bridgehead atoms. The molecule has 158 valence electrons. The molecule has 1 aromatic heterocycles. The Balaban J connectivity index is 1.58. The van der Waals surface area contributed by atoms with Gasteiger partial charge in [-0.15, -0.1) is 13.2 Å². The number of benzene rings is 1. The third-order valence-electron chi connectivity index (χ3n) is 3.35. The maximum atomic E-state index is 12.3. The van der Waals surface area contributed by atoms with Crippen LogP contribution < -0.4 is 15.4 Å². The summed E-state index contributed by atoms with van der Waals surface area (Å²) in [6, 6.07) is 4.04. The molecule has 2 aromatic rings. The zero-order valence-corrected chi connectivity index (χ0v) is 16.2. The van der Waals surface area contributed by atoms with Gasteiger partial charge in [-0.25, -0.2) is 4.98 Å². The van der Waals surface area contributed by atoms with Crippen LogP contribution >= 0.6 is 11.3 Å². The predicted octanol–water partition coefficient (Wildman–Crippen LogP) is 2.61. The van der Waals surface area contributed by atoms with Crippen LogP contribution in [0.5, 0.6) is 5.75 Å². The molecule has 0 radical (unpaired) electrons. The van der Waals surface area contributed by atoms with E-state index in [4.69, 9.17) is 14.6 Å². The largest absolute Gasteiger partial charge is 0.573 e. The molecule has 0 fully saturated rings. The van der Waals surface area contributed by atoms with E-state index in [1.807, 2.05) is 0 Å². The molecule has 7 nitrogen and oxygen atoms in total. The van der Waals surface area contributed by atoms with Crippen molar-refractivity contribution in [2.24, 2.45) is 0 Å². The van der Waals surface area contributed by atoms with Crippen LogP contribution in [0.3, 0.4) is 0 Å². The Bertz CT molecular complexity index is 713. The fraction of sp³-hybridized carbons (Fsp3) is 0.588. The van der Waals surface area contributed by atoms with Gasteiger partial charge in [0.2, 0.25) is 0 Å². The molecular weight excluding hydrogens is 399 g/mol. The zero-order valence-electron chi connectivity index (χ0n) is 15.4. The monoisotopic (exact) mass is 423 g/mol. The molecule has 1 aromatic carbocycles. The van der Waals surface area contributed by atoms with Crippen LogP contribution in [0.15, 0.2) is 18.2 Å². The Morgan fingerprint density at radius 1 is 1.14 bits per heavy atom. The Hall–Kier alpha value is -1.66. The molecule has 0 spiro atoms. The number of anilines is 1. The normalized spacial score (nSPS) is 13.0. The lowest BCUT2D eigenvalue weighted by Crippen LogP contribution is -2.28. The average molecular weight is 423 g/mol. The highest BCUT2D eigenvalue weighted by Crippen LogP contribution is 2.31. The Morgan fingerprint density at radius 2 is 1.86 bits per heavy atom. The van der Waals surface area contributed by atoms with Crippen molar-refractivity contribution in [1.29, 1.82) is 0 Å². The van der Waals surface area contributed by atoms with Gasteiger partial charge in [-0.1, -0.05) is 11.3 Å². The summed E-state index contributed by atoms with van der Waals surface area (Å²) in [4.78, 5) is 4.30. The minimum atomic E-state index is -4.71. The second-order valence-corrected chi connectivity index (χ2v) is 6.93. The number of hydrogen-bond acceptors (Lipinski definition) is 8. The van der Waals surface area contributed by atoms with E-state index in [9.17, 15) is 13.2 Å². The van der Waals surface area contributed by atoms with Gasteiger partial charge < -0.3 is 30.0 Å². The van der Waals surface area contributed by atoms with Gasteiger partial charge in [-0.05, 0) is 19.1 Å². The lowest BCUT2D eigenvalue weighted by molar-refractivity contribution is -0.274. The van der Waals surface area contributed by atoms with Crippen molar-refractivity contribution >= 4 is 26.7 Å². The van der Waals surface area contributed by atoms with Crippen molar-refractivity contribution in [2.45, 2.75) is 19.4 Å². The second kappa shape index (κ2) is 11.4. The average Bonchev–Trinajstić information content (AvgIpc) is 3.00. The van der Waals surface area contributed by atoms with Gasteiger partial charge in [0, 0.05) is 25.7 Å². The van der Waals surface area contributed by atoms with Crippen LogP contribution in [0.1, 0.15) is 6.92 Å². The first kappa shape index (κ1) is 22.6. The van der Waals surface area contributed by atoms with Crippen LogP contribution in [0.4, 0.5) is 18.3 Å². The molecule has 0 aliphatic rings. The van der Waals surface area contributed by atoms with Crippen molar-refractivity contribution < 1.29 is 32.5 Å². The van der Waals surface area contributed by atoms with Crippen molar-refractivity contribution in [3.63, 3.8) is 0 Å². The fourth-order valence-corrected chi connectivity index (χ4v) is 3.10. The van der Waals surface area contributed by atoms with E-state index in [1.165, 1.54) is 29.5 Å². The highest BCUT2D eigenvalue weighted by atomic mass is 32.1. The molecule has 1 unspecified atom stereocenters. The summed E-state index contributed by atoms with van der Waals surface area (Å²) < 4.78 is 52.1.